The predicted octanol–water partition coefficient (Wildman–Crippen LogP) is 3.04. The molecule has 0 aliphatic carbocycles. The van der Waals surface area contributed by atoms with Crippen molar-refractivity contribution >= 4 is 29.1 Å². The molecule has 2 aromatic rings. The lowest BCUT2D eigenvalue weighted by atomic mass is 10.1. The average molecular weight is 359 g/mol. The molecule has 2 aromatic carbocycles. The average Bonchev–Trinajstić information content (AvgIpc) is 2.75. The molecule has 0 aromatic heterocycles. The van der Waals surface area contributed by atoms with Gasteiger partial charge in [-0.3, -0.25) is 9.59 Å². The van der Waals surface area contributed by atoms with Crippen molar-refractivity contribution in [2.24, 2.45) is 5.92 Å². The normalized spacial score (nSPS) is 16.2. The van der Waals surface area contributed by atoms with Crippen LogP contribution in [0.1, 0.15) is 12.0 Å². The minimum Gasteiger partial charge on any atom is -0.491 e. The van der Waals surface area contributed by atoms with Crippen molar-refractivity contribution in [1.82, 2.24) is 5.32 Å². The minimum atomic E-state index is -0.539. The van der Waals surface area contributed by atoms with E-state index >= 15 is 0 Å². The number of ether oxygens (including phenoxy) is 1. The maximum absolute atomic E-state index is 12.3. The number of halogens is 1. The van der Waals surface area contributed by atoms with Gasteiger partial charge in [0.15, 0.2) is 0 Å². The molecule has 3 rings (SSSR count). The summed E-state index contributed by atoms with van der Waals surface area (Å²) in [6, 6.07) is 14.9. The van der Waals surface area contributed by atoms with Crippen LogP contribution in [0.5, 0.6) is 5.75 Å². The zero-order valence-electron chi connectivity index (χ0n) is 13.6. The number of fused-ring (bicyclic) bond motifs is 1. The first kappa shape index (κ1) is 17.3. The fourth-order valence-electron chi connectivity index (χ4n) is 2.66. The summed E-state index contributed by atoms with van der Waals surface area (Å²) in [4.78, 5) is 24.4. The molecule has 2 N–H and O–H groups in total. The van der Waals surface area contributed by atoms with Crippen LogP contribution < -0.4 is 15.4 Å². The fourth-order valence-corrected chi connectivity index (χ4v) is 2.82. The third-order valence-electron chi connectivity index (χ3n) is 4.02. The molecule has 0 radical (unpaired) electrons. The molecule has 0 saturated heterocycles. The summed E-state index contributed by atoms with van der Waals surface area (Å²) in [5.74, 6) is -0.404. The van der Waals surface area contributed by atoms with Gasteiger partial charge in [-0.2, -0.15) is 0 Å². The summed E-state index contributed by atoms with van der Waals surface area (Å²) < 4.78 is 5.64. The lowest BCUT2D eigenvalue weighted by Crippen LogP contribution is -2.33. The number of benzene rings is 2. The Morgan fingerprint density at radius 1 is 1.24 bits per heavy atom. The number of carbonyl (C=O) groups excluding carboxylic acids is 2. The van der Waals surface area contributed by atoms with Crippen LogP contribution in [0.2, 0.25) is 5.02 Å². The first-order valence-corrected chi connectivity index (χ1v) is 8.53. The lowest BCUT2D eigenvalue weighted by molar-refractivity contribution is -0.128. The van der Waals surface area contributed by atoms with Crippen LogP contribution in [-0.2, 0) is 16.0 Å². The van der Waals surface area contributed by atoms with E-state index in [1.54, 1.807) is 18.2 Å². The van der Waals surface area contributed by atoms with Crippen LogP contribution in [-0.4, -0.2) is 25.0 Å². The summed E-state index contributed by atoms with van der Waals surface area (Å²) in [6.07, 6.45) is 0.840. The predicted molar refractivity (Wildman–Crippen MR) is 96.8 cm³/mol. The molecule has 1 aliphatic heterocycles. The van der Waals surface area contributed by atoms with E-state index in [1.807, 2.05) is 30.3 Å². The summed E-state index contributed by atoms with van der Waals surface area (Å²) >= 11 is 5.94. The maximum Gasteiger partial charge on any atom is 0.231 e. The molecule has 5 nitrogen and oxygen atoms in total. The highest BCUT2D eigenvalue weighted by molar-refractivity contribution is 6.30. The molecular formula is C19H19ClN2O3. The van der Waals surface area contributed by atoms with E-state index in [0.717, 1.165) is 12.0 Å². The van der Waals surface area contributed by atoms with Crippen molar-refractivity contribution in [3.8, 4) is 5.75 Å². The summed E-state index contributed by atoms with van der Waals surface area (Å²) in [5, 5.41) is 6.17. The fraction of sp³-hybridized carbons (Fsp3) is 0.263. The van der Waals surface area contributed by atoms with Crippen molar-refractivity contribution in [3.63, 3.8) is 0 Å². The van der Waals surface area contributed by atoms with Crippen molar-refractivity contribution in [3.05, 3.63) is 59.1 Å². The standard InChI is InChI=1S/C19H19ClN2O3/c20-15-6-7-16-17(11-15)25-12-14(19(24)22-16)10-18(23)21-9-8-13-4-2-1-3-5-13/h1-7,11,14H,8-10,12H2,(H,21,23)(H,22,24). The molecule has 0 spiro atoms. The second-order valence-electron chi connectivity index (χ2n) is 5.93. The van der Waals surface area contributed by atoms with E-state index in [9.17, 15) is 9.59 Å². The van der Waals surface area contributed by atoms with Gasteiger partial charge in [0.25, 0.3) is 0 Å². The first-order chi connectivity index (χ1) is 12.1. The number of nitrogens with one attached hydrogen (secondary N) is 2. The second-order valence-corrected chi connectivity index (χ2v) is 6.36. The van der Waals surface area contributed by atoms with Gasteiger partial charge in [0.1, 0.15) is 12.4 Å². The van der Waals surface area contributed by atoms with Gasteiger partial charge in [0, 0.05) is 24.1 Å². The van der Waals surface area contributed by atoms with Crippen LogP contribution in [0, 0.1) is 5.92 Å². The Bertz CT molecular complexity index is 765. The van der Waals surface area contributed by atoms with Crippen molar-refractivity contribution in [2.75, 3.05) is 18.5 Å². The summed E-state index contributed by atoms with van der Waals surface area (Å²) in [5.41, 5.74) is 1.73. The van der Waals surface area contributed by atoms with Gasteiger partial charge in [-0.05, 0) is 24.1 Å². The largest absolute Gasteiger partial charge is 0.491 e. The SMILES string of the molecule is O=C(CC1COc2cc(Cl)ccc2NC1=O)NCCc1ccccc1. The van der Waals surface area contributed by atoms with Crippen LogP contribution >= 0.6 is 11.6 Å². The number of anilines is 1. The van der Waals surface area contributed by atoms with E-state index < -0.39 is 5.92 Å². The number of hydrogen-bond acceptors (Lipinski definition) is 3. The van der Waals surface area contributed by atoms with Gasteiger partial charge in [0.05, 0.1) is 11.6 Å². The highest BCUT2D eigenvalue weighted by Crippen LogP contribution is 2.31. The number of amides is 2. The number of hydrogen-bond donors (Lipinski definition) is 2. The third kappa shape index (κ3) is 4.73. The van der Waals surface area contributed by atoms with E-state index in [-0.39, 0.29) is 24.8 Å². The van der Waals surface area contributed by atoms with Gasteiger partial charge in [-0.15, -0.1) is 0 Å². The molecule has 0 bridgehead atoms. The zero-order chi connectivity index (χ0) is 17.6. The van der Waals surface area contributed by atoms with Crippen molar-refractivity contribution < 1.29 is 14.3 Å². The molecule has 1 unspecified atom stereocenters. The Labute approximate surface area is 151 Å². The molecule has 1 atom stereocenters. The molecule has 130 valence electrons. The Morgan fingerprint density at radius 2 is 2.04 bits per heavy atom. The zero-order valence-corrected chi connectivity index (χ0v) is 14.4. The van der Waals surface area contributed by atoms with Gasteiger partial charge in [0.2, 0.25) is 11.8 Å². The van der Waals surface area contributed by atoms with E-state index in [0.29, 0.717) is 23.0 Å². The molecule has 25 heavy (non-hydrogen) atoms. The molecule has 2 amide bonds. The summed E-state index contributed by atoms with van der Waals surface area (Å²) in [7, 11) is 0. The van der Waals surface area contributed by atoms with Crippen LogP contribution in [0.4, 0.5) is 5.69 Å². The Morgan fingerprint density at radius 3 is 2.84 bits per heavy atom. The van der Waals surface area contributed by atoms with Gasteiger partial charge in [-0.25, -0.2) is 0 Å². The smallest absolute Gasteiger partial charge is 0.231 e. The molecular weight excluding hydrogens is 340 g/mol. The third-order valence-corrected chi connectivity index (χ3v) is 4.26. The highest BCUT2D eigenvalue weighted by Gasteiger charge is 2.27. The molecule has 1 aliphatic rings. The van der Waals surface area contributed by atoms with Crippen molar-refractivity contribution in [1.29, 1.82) is 0 Å². The van der Waals surface area contributed by atoms with E-state index in [4.69, 9.17) is 16.3 Å². The van der Waals surface area contributed by atoms with E-state index in [1.165, 1.54) is 0 Å². The first-order valence-electron chi connectivity index (χ1n) is 8.15. The van der Waals surface area contributed by atoms with Gasteiger partial charge in [-0.1, -0.05) is 41.9 Å². The Balaban J connectivity index is 1.51. The summed E-state index contributed by atoms with van der Waals surface area (Å²) in [6.45, 7) is 0.680. The Hall–Kier alpha value is -2.53. The molecule has 0 saturated carbocycles. The molecule has 1 heterocycles. The second kappa shape index (κ2) is 8.03. The minimum absolute atomic E-state index is 0.0857. The molecule has 0 fully saturated rings. The van der Waals surface area contributed by atoms with E-state index in [2.05, 4.69) is 10.6 Å². The van der Waals surface area contributed by atoms with Gasteiger partial charge >= 0.3 is 0 Å². The maximum atomic E-state index is 12.3. The van der Waals surface area contributed by atoms with Gasteiger partial charge < -0.3 is 15.4 Å². The number of rotatable bonds is 5. The van der Waals surface area contributed by atoms with Crippen molar-refractivity contribution in [2.45, 2.75) is 12.8 Å². The highest BCUT2D eigenvalue weighted by atomic mass is 35.5. The van der Waals surface area contributed by atoms with Crippen LogP contribution in [0.15, 0.2) is 48.5 Å². The van der Waals surface area contributed by atoms with Crippen LogP contribution in [0.3, 0.4) is 0 Å². The lowest BCUT2D eigenvalue weighted by Gasteiger charge is -2.12. The monoisotopic (exact) mass is 358 g/mol. The van der Waals surface area contributed by atoms with Crippen LogP contribution in [0.25, 0.3) is 0 Å². The quantitative estimate of drug-likeness (QED) is 0.863. The topological polar surface area (TPSA) is 67.4 Å². The Kier molecular flexibility index (Phi) is 5.56. The molecule has 6 heteroatoms. The number of carbonyl (C=O) groups is 2.